The third-order valence-electron chi connectivity index (χ3n) is 5.47. The fourth-order valence-corrected chi connectivity index (χ4v) is 4.76. The van der Waals surface area contributed by atoms with E-state index in [0.29, 0.717) is 13.0 Å². The summed E-state index contributed by atoms with van der Waals surface area (Å²) in [5, 5.41) is 2.05. The van der Waals surface area contributed by atoms with E-state index in [9.17, 15) is 4.79 Å². The highest BCUT2D eigenvalue weighted by molar-refractivity contribution is 7.12. The van der Waals surface area contributed by atoms with Crippen LogP contribution in [0.5, 0.6) is 0 Å². The lowest BCUT2D eigenvalue weighted by molar-refractivity contribution is -0.150. The van der Waals surface area contributed by atoms with Gasteiger partial charge in [0.2, 0.25) is 0 Å². The second-order valence-corrected chi connectivity index (χ2v) is 8.29. The third kappa shape index (κ3) is 4.14. The van der Waals surface area contributed by atoms with Gasteiger partial charge in [-0.05, 0) is 42.3 Å². The van der Waals surface area contributed by atoms with Crippen LogP contribution in [-0.4, -0.2) is 23.8 Å². The summed E-state index contributed by atoms with van der Waals surface area (Å²) in [7, 11) is 0. The molecular formula is C26H25NO2S. The van der Waals surface area contributed by atoms with Crippen molar-refractivity contribution in [2.45, 2.75) is 31.2 Å². The predicted molar refractivity (Wildman–Crippen MR) is 124 cm³/mol. The molecule has 0 N–H and O–H groups in total. The number of esters is 1. The van der Waals surface area contributed by atoms with E-state index in [0.717, 1.165) is 28.1 Å². The zero-order chi connectivity index (χ0) is 20.8. The molecule has 2 atom stereocenters. The smallest absolute Gasteiger partial charge is 0.334 e. The Kier molecular flexibility index (Phi) is 6.24. The maximum Gasteiger partial charge on any atom is 0.334 e. The van der Waals surface area contributed by atoms with Crippen molar-refractivity contribution in [2.75, 3.05) is 6.61 Å². The Balaban J connectivity index is 1.81. The van der Waals surface area contributed by atoms with Crippen LogP contribution in [0.25, 0.3) is 6.08 Å². The molecular weight excluding hydrogens is 390 g/mol. The van der Waals surface area contributed by atoms with E-state index >= 15 is 0 Å². The van der Waals surface area contributed by atoms with Gasteiger partial charge in [0.15, 0.2) is 5.54 Å². The first kappa shape index (κ1) is 20.3. The van der Waals surface area contributed by atoms with Crippen molar-refractivity contribution in [1.29, 1.82) is 0 Å². The van der Waals surface area contributed by atoms with E-state index in [2.05, 4.69) is 42.5 Å². The number of hydrogen-bond donors (Lipinski definition) is 0. The molecule has 3 nitrogen and oxygen atoms in total. The number of carbonyl (C=O) groups is 1. The number of aliphatic imine (C=N–C) groups is 1. The van der Waals surface area contributed by atoms with Gasteiger partial charge in [0, 0.05) is 10.8 Å². The second-order valence-electron chi connectivity index (χ2n) is 7.34. The predicted octanol–water partition coefficient (Wildman–Crippen LogP) is 6.13. The van der Waals surface area contributed by atoms with Gasteiger partial charge in [0.25, 0.3) is 0 Å². The molecule has 2 heterocycles. The summed E-state index contributed by atoms with van der Waals surface area (Å²) in [5.74, 6) is -0.460. The highest BCUT2D eigenvalue weighted by Crippen LogP contribution is 2.43. The lowest BCUT2D eigenvalue weighted by Crippen LogP contribution is -2.42. The lowest BCUT2D eigenvalue weighted by atomic mass is 9.77. The van der Waals surface area contributed by atoms with E-state index < -0.39 is 5.54 Å². The van der Waals surface area contributed by atoms with Crippen molar-refractivity contribution >= 4 is 29.1 Å². The first-order valence-corrected chi connectivity index (χ1v) is 11.2. The number of hydrogen-bond acceptors (Lipinski definition) is 4. The van der Waals surface area contributed by atoms with Crippen LogP contribution in [-0.2, 0) is 9.53 Å². The molecule has 0 fully saturated rings. The minimum Gasteiger partial charge on any atom is -0.464 e. The molecule has 4 rings (SSSR count). The topological polar surface area (TPSA) is 38.7 Å². The van der Waals surface area contributed by atoms with Crippen molar-refractivity contribution in [1.82, 2.24) is 0 Å². The minimum absolute atomic E-state index is 0.213. The third-order valence-corrected chi connectivity index (χ3v) is 6.38. The molecule has 1 aliphatic rings. The van der Waals surface area contributed by atoms with E-state index in [1.807, 2.05) is 54.8 Å². The van der Waals surface area contributed by atoms with Crippen molar-refractivity contribution in [2.24, 2.45) is 4.99 Å². The van der Waals surface area contributed by atoms with Gasteiger partial charge in [0.1, 0.15) is 0 Å². The fraction of sp³-hybridized carbons (Fsp3) is 0.231. The van der Waals surface area contributed by atoms with Gasteiger partial charge in [-0.1, -0.05) is 78.9 Å². The van der Waals surface area contributed by atoms with E-state index in [4.69, 9.17) is 9.73 Å². The maximum atomic E-state index is 13.3. The van der Waals surface area contributed by atoms with Crippen LogP contribution in [0.4, 0.5) is 0 Å². The molecule has 0 saturated carbocycles. The van der Waals surface area contributed by atoms with Gasteiger partial charge < -0.3 is 4.74 Å². The van der Waals surface area contributed by atoms with Gasteiger partial charge in [-0.25, -0.2) is 4.79 Å². The molecule has 0 amide bonds. The van der Waals surface area contributed by atoms with E-state index in [-0.39, 0.29) is 11.9 Å². The second kappa shape index (κ2) is 9.23. The summed E-state index contributed by atoms with van der Waals surface area (Å²) < 4.78 is 5.57. The monoisotopic (exact) mass is 415 g/mol. The molecule has 0 spiro atoms. The van der Waals surface area contributed by atoms with Crippen LogP contribution in [0.15, 0.2) is 89.2 Å². The Labute approximate surface area is 181 Å². The Bertz CT molecular complexity index is 1030. The number of rotatable bonds is 7. The molecule has 0 unspecified atom stereocenters. The van der Waals surface area contributed by atoms with Gasteiger partial charge in [-0.15, -0.1) is 11.3 Å². The van der Waals surface area contributed by atoms with Gasteiger partial charge in [-0.2, -0.15) is 0 Å². The summed E-state index contributed by atoms with van der Waals surface area (Å²) in [4.78, 5) is 19.5. The van der Waals surface area contributed by atoms with Crippen LogP contribution >= 0.6 is 11.3 Å². The van der Waals surface area contributed by atoms with Crippen molar-refractivity contribution in [3.8, 4) is 0 Å². The molecule has 3 aromatic rings. The fourth-order valence-electron chi connectivity index (χ4n) is 4.02. The van der Waals surface area contributed by atoms with Gasteiger partial charge in [0.05, 0.1) is 12.3 Å². The zero-order valence-corrected chi connectivity index (χ0v) is 17.8. The Hall–Kier alpha value is -2.98. The molecule has 0 radical (unpaired) electrons. The summed E-state index contributed by atoms with van der Waals surface area (Å²) in [6, 6.07) is 24.4. The number of ether oxygens (including phenoxy) is 1. The largest absolute Gasteiger partial charge is 0.464 e. The number of nitrogens with zero attached hydrogens (tertiary/aromatic N) is 1. The Morgan fingerprint density at radius 3 is 2.50 bits per heavy atom. The molecule has 0 bridgehead atoms. The Morgan fingerprint density at radius 2 is 1.83 bits per heavy atom. The molecule has 0 saturated heterocycles. The highest BCUT2D eigenvalue weighted by atomic mass is 32.1. The normalized spacial score (nSPS) is 19.6. The van der Waals surface area contributed by atoms with Crippen molar-refractivity contribution in [3.05, 3.63) is 100 Å². The molecule has 0 aliphatic carbocycles. The molecule has 30 heavy (non-hydrogen) atoms. The van der Waals surface area contributed by atoms with Crippen LogP contribution in [0, 0.1) is 0 Å². The first-order valence-electron chi connectivity index (χ1n) is 10.3. The van der Waals surface area contributed by atoms with Crippen molar-refractivity contribution < 1.29 is 9.53 Å². The molecule has 2 aromatic carbocycles. The summed E-state index contributed by atoms with van der Waals surface area (Å²) in [6.45, 7) is 2.19. The number of benzene rings is 2. The molecule has 1 aliphatic heterocycles. The van der Waals surface area contributed by atoms with Crippen molar-refractivity contribution in [3.63, 3.8) is 0 Å². The summed E-state index contributed by atoms with van der Waals surface area (Å²) in [5.41, 5.74) is 2.20. The minimum atomic E-state index is -0.956. The lowest BCUT2D eigenvalue weighted by Gasteiger charge is -2.31. The number of carbonyl (C=O) groups excluding carboxylic acids is 1. The van der Waals surface area contributed by atoms with Crippen LogP contribution in [0.2, 0.25) is 0 Å². The highest BCUT2D eigenvalue weighted by Gasteiger charge is 2.49. The Morgan fingerprint density at radius 1 is 1.10 bits per heavy atom. The molecule has 152 valence electrons. The molecule has 4 heteroatoms. The van der Waals surface area contributed by atoms with E-state index in [1.165, 1.54) is 0 Å². The average molecular weight is 416 g/mol. The maximum absolute atomic E-state index is 13.3. The first-order chi connectivity index (χ1) is 14.7. The van der Waals surface area contributed by atoms with Crippen LogP contribution < -0.4 is 0 Å². The van der Waals surface area contributed by atoms with E-state index in [1.54, 1.807) is 11.3 Å². The number of thiophene rings is 1. The standard InChI is InChI=1S/C26H25NO2S/c1-2-29-25(28)26(18-17-23(27-26)24-14-9-19-30-24)22(21-12-7-4-8-13-21)16-15-20-10-5-3-6-11-20/h3-16,19,22H,2,17-18H2,1H3/b16-15+/t22-,26-/m0/s1. The zero-order valence-electron chi connectivity index (χ0n) is 17.0. The summed E-state index contributed by atoms with van der Waals surface area (Å²) in [6.07, 6.45) is 5.60. The molecule has 1 aromatic heterocycles. The average Bonchev–Trinajstić information content (AvgIpc) is 3.47. The SMILES string of the molecule is CCOC(=O)[C@@]1([C@@H](/C=C/c2ccccc2)c2ccccc2)CCC(c2cccs2)=N1. The van der Waals surface area contributed by atoms with Gasteiger partial charge in [-0.3, -0.25) is 4.99 Å². The van der Waals surface area contributed by atoms with Gasteiger partial charge >= 0.3 is 5.97 Å². The summed E-state index contributed by atoms with van der Waals surface area (Å²) >= 11 is 1.66. The van der Waals surface area contributed by atoms with Crippen LogP contribution in [0.1, 0.15) is 41.7 Å². The van der Waals surface area contributed by atoms with Crippen LogP contribution in [0.3, 0.4) is 0 Å². The quantitative estimate of drug-likeness (QED) is 0.435.